The zero-order valence-electron chi connectivity index (χ0n) is 19.1. The van der Waals surface area contributed by atoms with Crippen LogP contribution in [-0.2, 0) is 4.79 Å². The molecule has 0 aliphatic carbocycles. The third kappa shape index (κ3) is 5.31. The number of nitrogens with one attached hydrogen (secondary N) is 1. The fraction of sp³-hybridized carbons (Fsp3) is 0.269. The molecule has 0 saturated carbocycles. The summed E-state index contributed by atoms with van der Waals surface area (Å²) in [6, 6.07) is 13.4. The van der Waals surface area contributed by atoms with Gasteiger partial charge in [0.1, 0.15) is 23.7 Å². The second-order valence-corrected chi connectivity index (χ2v) is 9.15. The van der Waals surface area contributed by atoms with Crippen LogP contribution in [0, 0.1) is 5.92 Å². The monoisotopic (exact) mass is 514 g/mol. The van der Waals surface area contributed by atoms with Gasteiger partial charge in [-0.05, 0) is 60.7 Å². The molecule has 186 valence electrons. The lowest BCUT2D eigenvalue weighted by Gasteiger charge is -2.32. The molecule has 0 amide bonds. The first kappa shape index (κ1) is 24.1. The maximum atomic E-state index is 12.5. The van der Waals surface area contributed by atoms with E-state index in [1.165, 1.54) is 18.2 Å². The van der Waals surface area contributed by atoms with Crippen LogP contribution in [0.2, 0.25) is 5.02 Å². The molecular formula is C26H22ClF3N4O2. The molecule has 1 N–H and O–H groups in total. The SMILES string of the molecule is O=CCC1CCN(c2ccc(-c3ccc(-c4nc5ccc(OC(F)(F)F)cc5[nH]4)c(Cl)c3)cn2)CC1. The molecule has 4 aromatic rings. The Morgan fingerprint density at radius 3 is 2.53 bits per heavy atom. The number of carbonyl (C=O) groups is 1. The van der Waals surface area contributed by atoms with Crippen LogP contribution in [0.25, 0.3) is 33.5 Å². The molecule has 0 radical (unpaired) electrons. The van der Waals surface area contributed by atoms with Crippen LogP contribution in [0.5, 0.6) is 5.75 Å². The number of H-pyrrole nitrogens is 1. The van der Waals surface area contributed by atoms with E-state index < -0.39 is 6.36 Å². The van der Waals surface area contributed by atoms with Crippen molar-refractivity contribution >= 4 is 34.7 Å². The van der Waals surface area contributed by atoms with Gasteiger partial charge in [0.15, 0.2) is 0 Å². The molecule has 1 aliphatic rings. The van der Waals surface area contributed by atoms with Crippen LogP contribution in [0.4, 0.5) is 19.0 Å². The Bertz CT molecular complexity index is 1380. The van der Waals surface area contributed by atoms with Crippen LogP contribution in [0.3, 0.4) is 0 Å². The molecule has 2 aromatic heterocycles. The standard InChI is InChI=1S/C26H22ClF3N4O2/c27-21-13-17(18-2-6-24(31-15-18)34-10-7-16(8-11-34)9-12-35)1-4-20(21)25-32-22-5-3-19(14-23(22)33-25)36-26(28,29)30/h1-6,12-16H,7-11H2,(H,32,33). The second-order valence-electron chi connectivity index (χ2n) is 8.74. The number of ether oxygens (including phenoxy) is 1. The minimum absolute atomic E-state index is 0.326. The molecule has 36 heavy (non-hydrogen) atoms. The Hall–Kier alpha value is -3.59. The van der Waals surface area contributed by atoms with Gasteiger partial charge in [-0.15, -0.1) is 13.2 Å². The number of benzene rings is 2. The summed E-state index contributed by atoms with van der Waals surface area (Å²) in [6.45, 7) is 1.76. The number of anilines is 1. The fourth-order valence-corrected chi connectivity index (χ4v) is 4.75. The van der Waals surface area contributed by atoms with E-state index in [-0.39, 0.29) is 5.75 Å². The molecule has 1 aliphatic heterocycles. The van der Waals surface area contributed by atoms with E-state index in [1.54, 1.807) is 0 Å². The van der Waals surface area contributed by atoms with Gasteiger partial charge in [-0.3, -0.25) is 0 Å². The Kier molecular flexibility index (Phi) is 6.57. The van der Waals surface area contributed by atoms with Crippen molar-refractivity contribution in [2.24, 2.45) is 5.92 Å². The van der Waals surface area contributed by atoms with Crippen molar-refractivity contribution in [2.45, 2.75) is 25.6 Å². The van der Waals surface area contributed by atoms with Crippen LogP contribution in [-0.4, -0.2) is 40.7 Å². The van der Waals surface area contributed by atoms with Crippen LogP contribution < -0.4 is 9.64 Å². The number of fused-ring (bicyclic) bond motifs is 1. The molecule has 0 unspecified atom stereocenters. The topological polar surface area (TPSA) is 71.1 Å². The molecule has 1 fully saturated rings. The molecule has 3 heterocycles. The third-order valence-electron chi connectivity index (χ3n) is 6.36. The van der Waals surface area contributed by atoms with E-state index in [0.29, 0.717) is 39.8 Å². The van der Waals surface area contributed by atoms with Crippen molar-refractivity contribution in [3.8, 4) is 28.3 Å². The van der Waals surface area contributed by atoms with Crippen molar-refractivity contribution < 1.29 is 22.7 Å². The number of rotatable bonds is 6. The maximum Gasteiger partial charge on any atom is 0.573 e. The number of aldehydes is 1. The largest absolute Gasteiger partial charge is 0.573 e. The van der Waals surface area contributed by atoms with Crippen molar-refractivity contribution in [2.75, 3.05) is 18.0 Å². The number of aromatic amines is 1. The van der Waals surface area contributed by atoms with E-state index in [4.69, 9.17) is 11.6 Å². The third-order valence-corrected chi connectivity index (χ3v) is 6.67. The first-order chi connectivity index (χ1) is 17.3. The molecule has 0 bridgehead atoms. The molecular weight excluding hydrogens is 493 g/mol. The Balaban J connectivity index is 1.32. The number of halogens is 4. The minimum atomic E-state index is -4.77. The Labute approximate surface area is 210 Å². The normalized spacial score (nSPS) is 14.8. The number of pyridine rings is 1. The molecule has 1 saturated heterocycles. The summed E-state index contributed by atoms with van der Waals surface area (Å²) < 4.78 is 41.5. The number of aromatic nitrogens is 3. The summed E-state index contributed by atoms with van der Waals surface area (Å²) in [7, 11) is 0. The zero-order valence-corrected chi connectivity index (χ0v) is 19.8. The quantitative estimate of drug-likeness (QED) is 0.292. The highest BCUT2D eigenvalue weighted by molar-refractivity contribution is 6.33. The van der Waals surface area contributed by atoms with Gasteiger partial charge in [-0.25, -0.2) is 9.97 Å². The molecule has 2 aromatic carbocycles. The van der Waals surface area contributed by atoms with Gasteiger partial charge in [0.05, 0.1) is 16.1 Å². The molecule has 10 heteroatoms. The molecule has 5 rings (SSSR count). The van der Waals surface area contributed by atoms with Gasteiger partial charge in [0.2, 0.25) is 0 Å². The summed E-state index contributed by atoms with van der Waals surface area (Å²) in [4.78, 5) is 25.1. The number of nitrogens with zero attached hydrogens (tertiary/aromatic N) is 3. The van der Waals surface area contributed by atoms with E-state index >= 15 is 0 Å². The van der Waals surface area contributed by atoms with Gasteiger partial charge in [0, 0.05) is 42.9 Å². The number of piperidine rings is 1. The van der Waals surface area contributed by atoms with Gasteiger partial charge in [-0.2, -0.15) is 0 Å². The van der Waals surface area contributed by atoms with Crippen molar-refractivity contribution in [3.63, 3.8) is 0 Å². The van der Waals surface area contributed by atoms with Crippen molar-refractivity contribution in [1.29, 1.82) is 0 Å². The van der Waals surface area contributed by atoms with Crippen LogP contribution >= 0.6 is 11.6 Å². The molecule has 0 atom stereocenters. The molecule has 0 spiro atoms. The molecule has 6 nitrogen and oxygen atoms in total. The highest BCUT2D eigenvalue weighted by atomic mass is 35.5. The summed E-state index contributed by atoms with van der Waals surface area (Å²) in [5.74, 6) is 1.48. The average molecular weight is 515 g/mol. The maximum absolute atomic E-state index is 12.5. The number of carbonyl (C=O) groups excluding carboxylic acids is 1. The fourth-order valence-electron chi connectivity index (χ4n) is 4.48. The number of alkyl halides is 3. The highest BCUT2D eigenvalue weighted by Crippen LogP contribution is 2.34. The predicted molar refractivity (Wildman–Crippen MR) is 132 cm³/mol. The first-order valence-electron chi connectivity index (χ1n) is 11.5. The van der Waals surface area contributed by atoms with E-state index in [9.17, 15) is 18.0 Å². The average Bonchev–Trinajstić information content (AvgIpc) is 3.27. The van der Waals surface area contributed by atoms with Gasteiger partial charge in [0.25, 0.3) is 0 Å². The van der Waals surface area contributed by atoms with Crippen LogP contribution in [0.1, 0.15) is 19.3 Å². The lowest BCUT2D eigenvalue weighted by Crippen LogP contribution is -2.34. The van der Waals surface area contributed by atoms with E-state index in [0.717, 1.165) is 49.2 Å². The van der Waals surface area contributed by atoms with Crippen LogP contribution in [0.15, 0.2) is 54.7 Å². The second kappa shape index (κ2) is 9.81. The van der Waals surface area contributed by atoms with Crippen molar-refractivity contribution in [1.82, 2.24) is 15.0 Å². The zero-order chi connectivity index (χ0) is 25.3. The smallest absolute Gasteiger partial charge is 0.406 e. The number of hydrogen-bond donors (Lipinski definition) is 1. The van der Waals surface area contributed by atoms with E-state index in [2.05, 4.69) is 24.6 Å². The minimum Gasteiger partial charge on any atom is -0.406 e. The van der Waals surface area contributed by atoms with Gasteiger partial charge in [-0.1, -0.05) is 17.7 Å². The van der Waals surface area contributed by atoms with Crippen molar-refractivity contribution in [3.05, 3.63) is 59.8 Å². The van der Waals surface area contributed by atoms with Gasteiger partial charge < -0.3 is 19.4 Å². The lowest BCUT2D eigenvalue weighted by molar-refractivity contribution is -0.274. The van der Waals surface area contributed by atoms with Gasteiger partial charge >= 0.3 is 6.36 Å². The van der Waals surface area contributed by atoms with E-state index in [1.807, 2.05) is 36.5 Å². The highest BCUT2D eigenvalue weighted by Gasteiger charge is 2.31. The summed E-state index contributed by atoms with van der Waals surface area (Å²) in [6.07, 6.45) is 0.632. The predicted octanol–water partition coefficient (Wildman–Crippen LogP) is 6.65. The Morgan fingerprint density at radius 1 is 1.08 bits per heavy atom. The lowest BCUT2D eigenvalue weighted by atomic mass is 9.94. The number of imidazole rings is 1. The summed E-state index contributed by atoms with van der Waals surface area (Å²) in [5, 5.41) is 0.444. The number of hydrogen-bond acceptors (Lipinski definition) is 5. The Morgan fingerprint density at radius 2 is 1.86 bits per heavy atom. The summed E-state index contributed by atoms with van der Waals surface area (Å²) in [5.41, 5.74) is 3.31. The first-order valence-corrected chi connectivity index (χ1v) is 11.9. The summed E-state index contributed by atoms with van der Waals surface area (Å²) >= 11 is 6.57.